The first kappa shape index (κ1) is 11.5. The van der Waals surface area contributed by atoms with E-state index in [1.165, 1.54) is 32.1 Å². The summed E-state index contributed by atoms with van der Waals surface area (Å²) in [5.41, 5.74) is 0. The van der Waals surface area contributed by atoms with Gasteiger partial charge in [-0.15, -0.1) is 0 Å². The molecule has 0 aromatic heterocycles. The summed E-state index contributed by atoms with van der Waals surface area (Å²) in [6.07, 6.45) is 7.92. The molecule has 4 aliphatic rings. The summed E-state index contributed by atoms with van der Waals surface area (Å²) in [6.45, 7) is 0.120. The zero-order chi connectivity index (χ0) is 11.8. The highest BCUT2D eigenvalue weighted by atomic mass is 16.3. The molecule has 4 saturated carbocycles. The van der Waals surface area contributed by atoms with Gasteiger partial charge in [-0.1, -0.05) is 0 Å². The van der Waals surface area contributed by atoms with Crippen molar-refractivity contribution in [2.75, 3.05) is 6.61 Å². The second kappa shape index (κ2) is 4.60. The van der Waals surface area contributed by atoms with Gasteiger partial charge in [0.1, 0.15) is 0 Å². The normalized spacial score (nSPS) is 42.8. The van der Waals surface area contributed by atoms with E-state index in [1.807, 2.05) is 0 Å². The smallest absolute Gasteiger partial charge is 0.220 e. The van der Waals surface area contributed by atoms with E-state index >= 15 is 0 Å². The Balaban J connectivity index is 1.58. The van der Waals surface area contributed by atoms with Gasteiger partial charge < -0.3 is 10.4 Å². The fourth-order valence-corrected chi connectivity index (χ4v) is 4.66. The molecule has 4 bridgehead atoms. The number of hydrogen-bond acceptors (Lipinski definition) is 2. The van der Waals surface area contributed by atoms with Crippen molar-refractivity contribution >= 4 is 5.91 Å². The van der Waals surface area contributed by atoms with Crippen LogP contribution in [-0.4, -0.2) is 23.7 Å². The molecule has 0 unspecified atom stereocenters. The first-order valence-electron chi connectivity index (χ1n) is 7.16. The van der Waals surface area contributed by atoms with Crippen LogP contribution in [0.4, 0.5) is 0 Å². The highest BCUT2D eigenvalue weighted by Crippen LogP contribution is 2.53. The van der Waals surface area contributed by atoms with Crippen molar-refractivity contribution in [1.82, 2.24) is 5.32 Å². The molecule has 3 heteroatoms. The Labute approximate surface area is 103 Å². The van der Waals surface area contributed by atoms with Crippen molar-refractivity contribution in [2.24, 2.45) is 23.7 Å². The Morgan fingerprint density at radius 1 is 1.06 bits per heavy atom. The molecule has 0 aromatic carbocycles. The van der Waals surface area contributed by atoms with Crippen LogP contribution in [0.15, 0.2) is 0 Å². The molecule has 3 nitrogen and oxygen atoms in total. The minimum atomic E-state index is 0.120. The van der Waals surface area contributed by atoms with Crippen LogP contribution in [-0.2, 0) is 4.79 Å². The number of rotatable bonds is 4. The van der Waals surface area contributed by atoms with E-state index in [0.29, 0.717) is 18.9 Å². The van der Waals surface area contributed by atoms with Gasteiger partial charge in [0.2, 0.25) is 5.91 Å². The van der Waals surface area contributed by atoms with Crippen molar-refractivity contribution in [3.63, 3.8) is 0 Å². The number of nitrogens with one attached hydrogen (secondary N) is 1. The Morgan fingerprint density at radius 3 is 2.18 bits per heavy atom. The van der Waals surface area contributed by atoms with Crippen LogP contribution in [0.1, 0.15) is 44.9 Å². The molecular formula is C14H23NO2. The number of aliphatic hydroxyl groups excluding tert-OH is 1. The minimum absolute atomic E-state index is 0.120. The third-order valence-electron chi connectivity index (χ3n) is 5.12. The lowest BCUT2D eigenvalue weighted by Crippen LogP contribution is -2.55. The largest absolute Gasteiger partial charge is 0.396 e. The van der Waals surface area contributed by atoms with Crippen molar-refractivity contribution in [3.8, 4) is 0 Å². The predicted molar refractivity (Wildman–Crippen MR) is 65.3 cm³/mol. The molecular weight excluding hydrogens is 214 g/mol. The molecule has 0 atom stereocenters. The highest BCUT2D eigenvalue weighted by molar-refractivity contribution is 5.76. The lowest BCUT2D eigenvalue weighted by molar-refractivity contribution is -0.125. The number of amides is 1. The van der Waals surface area contributed by atoms with Crippen LogP contribution in [0.25, 0.3) is 0 Å². The molecule has 0 saturated heterocycles. The first-order valence-corrected chi connectivity index (χ1v) is 7.16. The average Bonchev–Trinajstić information content (AvgIpc) is 2.30. The Bertz CT molecular complexity index is 275. The predicted octanol–water partition coefficient (Wildman–Crippen LogP) is 1.70. The molecule has 2 N–H and O–H groups in total. The van der Waals surface area contributed by atoms with Gasteiger partial charge >= 0.3 is 0 Å². The van der Waals surface area contributed by atoms with Crippen LogP contribution < -0.4 is 5.32 Å². The van der Waals surface area contributed by atoms with Gasteiger partial charge in [-0.3, -0.25) is 4.79 Å². The summed E-state index contributed by atoms with van der Waals surface area (Å²) < 4.78 is 0. The maximum atomic E-state index is 11.8. The van der Waals surface area contributed by atoms with Gasteiger partial charge in [0.05, 0.1) is 0 Å². The lowest BCUT2D eigenvalue weighted by Gasteiger charge is -2.54. The summed E-state index contributed by atoms with van der Waals surface area (Å²) in [5.74, 6) is 3.58. The third kappa shape index (κ3) is 2.22. The maximum absolute atomic E-state index is 11.8. The molecule has 4 fully saturated rings. The van der Waals surface area contributed by atoms with Gasteiger partial charge in [-0.2, -0.15) is 0 Å². The zero-order valence-corrected chi connectivity index (χ0v) is 10.4. The molecule has 0 radical (unpaired) electrons. The van der Waals surface area contributed by atoms with E-state index in [-0.39, 0.29) is 12.5 Å². The Morgan fingerprint density at radius 2 is 1.65 bits per heavy atom. The molecule has 4 aliphatic carbocycles. The standard InChI is InChI=1S/C14H23NO2/c16-3-1-2-13(17)15-14-11-5-9-4-10(7-11)8-12(14)6-9/h9-12,14,16H,1-8H2,(H,15,17). The van der Waals surface area contributed by atoms with E-state index in [4.69, 9.17) is 5.11 Å². The van der Waals surface area contributed by atoms with Crippen molar-refractivity contribution in [2.45, 2.75) is 51.0 Å². The van der Waals surface area contributed by atoms with Gasteiger partial charge in [0.25, 0.3) is 0 Å². The highest BCUT2D eigenvalue weighted by Gasteiger charge is 2.48. The number of carbonyl (C=O) groups excluding carboxylic acids is 1. The third-order valence-corrected chi connectivity index (χ3v) is 5.12. The first-order chi connectivity index (χ1) is 8.26. The second-order valence-corrected chi connectivity index (χ2v) is 6.35. The van der Waals surface area contributed by atoms with Crippen molar-refractivity contribution in [3.05, 3.63) is 0 Å². The number of carbonyl (C=O) groups is 1. The molecule has 0 heterocycles. The van der Waals surface area contributed by atoms with Crippen molar-refractivity contribution in [1.29, 1.82) is 0 Å². The average molecular weight is 237 g/mol. The van der Waals surface area contributed by atoms with Gasteiger partial charge in [-0.25, -0.2) is 0 Å². The lowest BCUT2D eigenvalue weighted by atomic mass is 9.54. The summed E-state index contributed by atoms with van der Waals surface area (Å²) in [7, 11) is 0. The van der Waals surface area contributed by atoms with Gasteiger partial charge in [0.15, 0.2) is 0 Å². The zero-order valence-electron chi connectivity index (χ0n) is 10.4. The van der Waals surface area contributed by atoms with E-state index < -0.39 is 0 Å². The van der Waals surface area contributed by atoms with E-state index in [2.05, 4.69) is 5.32 Å². The van der Waals surface area contributed by atoms with Crippen LogP contribution in [0.2, 0.25) is 0 Å². The number of aliphatic hydroxyl groups is 1. The van der Waals surface area contributed by atoms with E-state index in [0.717, 1.165) is 23.7 Å². The molecule has 96 valence electrons. The summed E-state index contributed by atoms with van der Waals surface area (Å²) in [6, 6.07) is 0.453. The van der Waals surface area contributed by atoms with E-state index in [1.54, 1.807) is 0 Å². The van der Waals surface area contributed by atoms with Crippen molar-refractivity contribution < 1.29 is 9.90 Å². The summed E-state index contributed by atoms with van der Waals surface area (Å²) in [4.78, 5) is 11.8. The van der Waals surface area contributed by atoms with Gasteiger partial charge in [0, 0.05) is 19.1 Å². The molecule has 0 spiro atoms. The van der Waals surface area contributed by atoms with Crippen LogP contribution in [0, 0.1) is 23.7 Å². The number of hydrogen-bond donors (Lipinski definition) is 2. The van der Waals surface area contributed by atoms with Crippen LogP contribution in [0.3, 0.4) is 0 Å². The fraction of sp³-hybridized carbons (Fsp3) is 0.929. The second-order valence-electron chi connectivity index (χ2n) is 6.35. The summed E-state index contributed by atoms with van der Waals surface area (Å²) in [5, 5.41) is 12.0. The van der Waals surface area contributed by atoms with Crippen LogP contribution in [0.5, 0.6) is 0 Å². The van der Waals surface area contributed by atoms with Crippen LogP contribution >= 0.6 is 0 Å². The Kier molecular flexibility index (Phi) is 3.12. The molecule has 1 amide bonds. The monoisotopic (exact) mass is 237 g/mol. The maximum Gasteiger partial charge on any atom is 0.220 e. The molecule has 0 aliphatic heterocycles. The quantitative estimate of drug-likeness (QED) is 0.782. The SMILES string of the molecule is O=C(CCCO)NC1C2CC3CC(C2)CC1C3. The van der Waals surface area contributed by atoms with Gasteiger partial charge in [-0.05, 0) is 62.2 Å². The topological polar surface area (TPSA) is 49.3 Å². The fourth-order valence-electron chi connectivity index (χ4n) is 4.66. The molecule has 0 aromatic rings. The summed E-state index contributed by atoms with van der Waals surface area (Å²) >= 11 is 0. The molecule has 17 heavy (non-hydrogen) atoms. The Hall–Kier alpha value is -0.570. The minimum Gasteiger partial charge on any atom is -0.396 e. The van der Waals surface area contributed by atoms with E-state index in [9.17, 15) is 4.79 Å². The molecule has 4 rings (SSSR count).